The van der Waals surface area contributed by atoms with E-state index in [1.807, 2.05) is 0 Å². The molecule has 0 radical (unpaired) electrons. The molecule has 0 bridgehead atoms. The van der Waals surface area contributed by atoms with Crippen molar-refractivity contribution in [3.63, 3.8) is 0 Å². The first kappa shape index (κ1) is 10.1. The first-order valence-electron chi connectivity index (χ1n) is 3.84. The van der Waals surface area contributed by atoms with E-state index in [9.17, 15) is 8.42 Å². The van der Waals surface area contributed by atoms with E-state index in [0.717, 1.165) is 0 Å². The summed E-state index contributed by atoms with van der Waals surface area (Å²) in [6.45, 7) is 1.79. The molecule has 0 aromatic carbocycles. The Morgan fingerprint density at radius 2 is 1.92 bits per heavy atom. The van der Waals surface area contributed by atoms with Crippen molar-refractivity contribution in [2.24, 2.45) is 5.73 Å². The summed E-state index contributed by atoms with van der Waals surface area (Å²) in [5, 5.41) is 0. The van der Waals surface area contributed by atoms with Gasteiger partial charge in [0.05, 0.1) is 12.3 Å². The van der Waals surface area contributed by atoms with Gasteiger partial charge < -0.3 is 5.73 Å². The largest absolute Gasteiger partial charge is 0.324 e. The van der Waals surface area contributed by atoms with Crippen LogP contribution in [0.4, 0.5) is 0 Å². The zero-order valence-electron chi connectivity index (χ0n) is 7.27. The predicted octanol–water partition coefficient (Wildman–Crippen LogP) is -0.271. The molecule has 6 heteroatoms. The van der Waals surface area contributed by atoms with E-state index >= 15 is 0 Å². The average Bonchev–Trinajstić information content (AvgIpc) is 2.18. The maximum Gasteiger partial charge on any atom is 0.181 e. The van der Waals surface area contributed by atoms with Crippen molar-refractivity contribution in [2.75, 3.05) is 5.75 Å². The van der Waals surface area contributed by atoms with E-state index in [1.54, 1.807) is 6.92 Å². The Bertz CT molecular complexity index is 371. The van der Waals surface area contributed by atoms with Gasteiger partial charge in [0, 0.05) is 12.4 Å². The fourth-order valence-electron chi connectivity index (χ4n) is 0.776. The monoisotopic (exact) mass is 201 g/mol. The summed E-state index contributed by atoms with van der Waals surface area (Å²) < 4.78 is 22.6. The molecule has 1 rings (SSSR count). The van der Waals surface area contributed by atoms with Crippen molar-refractivity contribution < 1.29 is 8.42 Å². The van der Waals surface area contributed by atoms with E-state index in [0.29, 0.717) is 5.82 Å². The highest BCUT2D eigenvalue weighted by Gasteiger charge is 2.11. The van der Waals surface area contributed by atoms with E-state index in [-0.39, 0.29) is 17.2 Å². The predicted molar refractivity (Wildman–Crippen MR) is 47.7 cm³/mol. The van der Waals surface area contributed by atoms with Crippen LogP contribution in [0.25, 0.3) is 0 Å². The van der Waals surface area contributed by atoms with Crippen LogP contribution in [0.1, 0.15) is 12.7 Å². The van der Waals surface area contributed by atoms with Crippen molar-refractivity contribution >= 4 is 9.84 Å². The number of hydrogen-bond donors (Lipinski definition) is 1. The van der Waals surface area contributed by atoms with Crippen LogP contribution < -0.4 is 5.73 Å². The molecule has 0 unspecified atom stereocenters. The Balaban J connectivity index is 3.06. The lowest BCUT2D eigenvalue weighted by molar-refractivity contribution is 0.596. The molecular formula is C7H11N3O2S. The Morgan fingerprint density at radius 1 is 1.38 bits per heavy atom. The molecule has 0 saturated carbocycles. The third-order valence-corrected chi connectivity index (χ3v) is 3.29. The average molecular weight is 201 g/mol. The second-order valence-electron chi connectivity index (χ2n) is 2.44. The molecule has 0 saturated heterocycles. The lowest BCUT2D eigenvalue weighted by Crippen LogP contribution is -2.08. The van der Waals surface area contributed by atoms with Gasteiger partial charge in [-0.25, -0.2) is 18.4 Å². The van der Waals surface area contributed by atoms with Crippen LogP contribution in [0.2, 0.25) is 0 Å². The Morgan fingerprint density at radius 3 is 2.31 bits per heavy atom. The van der Waals surface area contributed by atoms with Gasteiger partial charge in [0.2, 0.25) is 0 Å². The van der Waals surface area contributed by atoms with Crippen molar-refractivity contribution in [3.05, 3.63) is 18.2 Å². The second kappa shape index (κ2) is 3.80. The van der Waals surface area contributed by atoms with Gasteiger partial charge in [-0.05, 0) is 0 Å². The van der Waals surface area contributed by atoms with Crippen molar-refractivity contribution in [2.45, 2.75) is 18.4 Å². The maximum absolute atomic E-state index is 11.3. The van der Waals surface area contributed by atoms with Crippen molar-refractivity contribution in [1.82, 2.24) is 9.97 Å². The van der Waals surface area contributed by atoms with Gasteiger partial charge in [-0.1, -0.05) is 6.92 Å². The molecule has 0 fully saturated rings. The molecule has 0 amide bonds. The Kier molecular flexibility index (Phi) is 2.94. The Hall–Kier alpha value is -1.01. The normalized spacial score (nSPS) is 11.5. The summed E-state index contributed by atoms with van der Waals surface area (Å²) in [5.74, 6) is 0.494. The van der Waals surface area contributed by atoms with Crippen molar-refractivity contribution in [3.8, 4) is 0 Å². The molecule has 1 heterocycles. The highest BCUT2D eigenvalue weighted by atomic mass is 32.2. The Labute approximate surface area is 76.9 Å². The third-order valence-electron chi connectivity index (χ3n) is 1.60. The lowest BCUT2D eigenvalue weighted by atomic mass is 10.5. The zero-order chi connectivity index (χ0) is 9.90. The van der Waals surface area contributed by atoms with Gasteiger partial charge in [-0.15, -0.1) is 0 Å². The second-order valence-corrected chi connectivity index (χ2v) is 4.72. The fraction of sp³-hybridized carbons (Fsp3) is 0.429. The van der Waals surface area contributed by atoms with Crippen LogP contribution in [-0.4, -0.2) is 24.1 Å². The summed E-state index contributed by atoms with van der Waals surface area (Å²) in [6.07, 6.45) is 2.57. The van der Waals surface area contributed by atoms with Gasteiger partial charge >= 0.3 is 0 Å². The van der Waals surface area contributed by atoms with E-state index in [2.05, 4.69) is 9.97 Å². The van der Waals surface area contributed by atoms with E-state index < -0.39 is 9.84 Å². The molecule has 1 aromatic heterocycles. The van der Waals surface area contributed by atoms with Crippen LogP contribution in [0.3, 0.4) is 0 Å². The molecular weight excluding hydrogens is 190 g/mol. The fourth-order valence-corrected chi connectivity index (χ4v) is 1.54. The number of aromatic nitrogens is 2. The van der Waals surface area contributed by atoms with E-state index in [4.69, 9.17) is 5.73 Å². The minimum atomic E-state index is -3.19. The molecule has 0 aliphatic carbocycles. The molecule has 0 aliphatic rings. The smallest absolute Gasteiger partial charge is 0.181 e. The van der Waals surface area contributed by atoms with Gasteiger partial charge in [0.25, 0.3) is 0 Å². The van der Waals surface area contributed by atoms with Crippen LogP contribution >= 0.6 is 0 Å². The highest BCUT2D eigenvalue weighted by molar-refractivity contribution is 7.91. The standard InChI is InChI=1S/C7H11N3O2S/c1-2-13(11,12)6-4-9-7(3-8)10-5-6/h4-5H,2-3,8H2,1H3. The summed E-state index contributed by atoms with van der Waals surface area (Å²) in [6, 6.07) is 0. The number of rotatable bonds is 3. The van der Waals surface area contributed by atoms with Gasteiger partial charge in [-0.3, -0.25) is 0 Å². The quantitative estimate of drug-likeness (QED) is 0.727. The SMILES string of the molecule is CCS(=O)(=O)c1cnc(CN)nc1. The minimum absolute atomic E-state index is 0.0539. The van der Waals surface area contributed by atoms with Crippen LogP contribution in [0, 0.1) is 0 Å². The summed E-state index contributed by atoms with van der Waals surface area (Å²) in [5.41, 5.74) is 5.27. The molecule has 1 aromatic rings. The minimum Gasteiger partial charge on any atom is -0.324 e. The van der Waals surface area contributed by atoms with Crippen LogP contribution in [0.15, 0.2) is 17.3 Å². The number of hydrogen-bond acceptors (Lipinski definition) is 5. The van der Waals surface area contributed by atoms with Crippen LogP contribution in [0.5, 0.6) is 0 Å². The molecule has 0 spiro atoms. The first-order chi connectivity index (χ1) is 6.10. The van der Waals surface area contributed by atoms with Gasteiger partial charge in [0.15, 0.2) is 9.84 Å². The topological polar surface area (TPSA) is 85.9 Å². The molecule has 13 heavy (non-hydrogen) atoms. The summed E-state index contributed by atoms with van der Waals surface area (Å²) in [7, 11) is -3.19. The van der Waals surface area contributed by atoms with E-state index in [1.165, 1.54) is 12.4 Å². The van der Waals surface area contributed by atoms with Gasteiger partial charge in [0.1, 0.15) is 10.7 Å². The first-order valence-corrected chi connectivity index (χ1v) is 5.49. The highest BCUT2D eigenvalue weighted by Crippen LogP contribution is 2.07. The maximum atomic E-state index is 11.3. The van der Waals surface area contributed by atoms with Crippen LogP contribution in [-0.2, 0) is 16.4 Å². The molecule has 5 nitrogen and oxygen atoms in total. The zero-order valence-corrected chi connectivity index (χ0v) is 8.08. The summed E-state index contributed by atoms with van der Waals surface area (Å²) in [4.78, 5) is 7.74. The molecule has 0 atom stereocenters. The number of nitrogens with zero attached hydrogens (tertiary/aromatic N) is 2. The lowest BCUT2D eigenvalue weighted by Gasteiger charge is -2.00. The summed E-state index contributed by atoms with van der Waals surface area (Å²) >= 11 is 0. The number of nitrogens with two attached hydrogens (primary N) is 1. The number of sulfone groups is 1. The third kappa shape index (κ3) is 2.22. The molecule has 72 valence electrons. The van der Waals surface area contributed by atoms with Crippen molar-refractivity contribution in [1.29, 1.82) is 0 Å². The van der Waals surface area contributed by atoms with Gasteiger partial charge in [-0.2, -0.15) is 0 Å². The molecule has 0 aliphatic heterocycles. The molecule has 2 N–H and O–H groups in total.